The monoisotopic (exact) mass is 312 g/mol. The highest BCUT2D eigenvalue weighted by Crippen LogP contribution is 2.30. The summed E-state index contributed by atoms with van der Waals surface area (Å²) in [4.78, 5) is 19.6. The molecule has 0 fully saturated rings. The summed E-state index contributed by atoms with van der Waals surface area (Å²) >= 11 is 0. The number of rotatable bonds is 4. The normalized spacial score (nSPS) is 11.8. The number of carbonyl (C=O) groups is 1. The van der Waals surface area contributed by atoms with Crippen molar-refractivity contribution >= 4 is 17.0 Å². The highest BCUT2D eigenvalue weighted by Gasteiger charge is 2.32. The molecule has 0 amide bonds. The van der Waals surface area contributed by atoms with E-state index in [4.69, 9.17) is 4.74 Å². The van der Waals surface area contributed by atoms with E-state index in [9.17, 15) is 4.79 Å². The van der Waals surface area contributed by atoms with Gasteiger partial charge in [0.2, 0.25) is 0 Å². The molecule has 0 atom stereocenters. The molecule has 6 heteroatoms. The molecule has 0 saturated carbocycles. The number of hydrogen-bond donors (Lipinski definition) is 1. The molecule has 0 radical (unpaired) electrons. The zero-order valence-electron chi connectivity index (χ0n) is 13.8. The Morgan fingerprint density at radius 2 is 2.22 bits per heavy atom. The van der Waals surface area contributed by atoms with E-state index >= 15 is 0 Å². The predicted octanol–water partition coefficient (Wildman–Crippen LogP) is 3.03. The first-order chi connectivity index (χ1) is 10.9. The first kappa shape index (κ1) is 15.3. The Morgan fingerprint density at radius 3 is 2.96 bits per heavy atom. The van der Waals surface area contributed by atoms with Crippen molar-refractivity contribution in [2.24, 2.45) is 0 Å². The minimum absolute atomic E-state index is 0.299. The van der Waals surface area contributed by atoms with Crippen LogP contribution < -0.4 is 0 Å². The van der Waals surface area contributed by atoms with Gasteiger partial charge in [0.15, 0.2) is 5.54 Å². The molecule has 0 aliphatic rings. The number of H-pyrrole nitrogens is 1. The maximum absolute atomic E-state index is 12.1. The fourth-order valence-corrected chi connectivity index (χ4v) is 2.63. The van der Waals surface area contributed by atoms with Gasteiger partial charge in [0, 0.05) is 29.5 Å². The van der Waals surface area contributed by atoms with Crippen LogP contribution >= 0.6 is 0 Å². The maximum Gasteiger partial charge on any atom is 0.333 e. The van der Waals surface area contributed by atoms with Crippen molar-refractivity contribution < 1.29 is 9.53 Å². The van der Waals surface area contributed by atoms with E-state index in [0.29, 0.717) is 6.61 Å². The number of aryl methyl sites for hydroxylation is 1. The van der Waals surface area contributed by atoms with E-state index < -0.39 is 5.54 Å². The quantitative estimate of drug-likeness (QED) is 0.752. The van der Waals surface area contributed by atoms with Crippen LogP contribution in [0.2, 0.25) is 0 Å². The van der Waals surface area contributed by atoms with Crippen LogP contribution in [0.1, 0.15) is 26.3 Å². The van der Waals surface area contributed by atoms with Crippen molar-refractivity contribution in [1.82, 2.24) is 19.7 Å². The lowest BCUT2D eigenvalue weighted by molar-refractivity contribution is -0.152. The molecule has 120 valence electrons. The van der Waals surface area contributed by atoms with Crippen LogP contribution in [0.4, 0.5) is 0 Å². The van der Waals surface area contributed by atoms with Gasteiger partial charge in [0.1, 0.15) is 5.65 Å². The number of esters is 1. The number of carbonyl (C=O) groups excluding carboxylic acids is 1. The molecule has 3 rings (SSSR count). The number of nitrogens with one attached hydrogen (secondary N) is 1. The highest BCUT2D eigenvalue weighted by atomic mass is 16.5. The second kappa shape index (κ2) is 5.53. The van der Waals surface area contributed by atoms with E-state index in [1.165, 1.54) is 0 Å². The van der Waals surface area contributed by atoms with Gasteiger partial charge in [0.05, 0.1) is 12.8 Å². The number of hydrogen-bond acceptors (Lipinski definition) is 4. The van der Waals surface area contributed by atoms with Crippen LogP contribution in [-0.4, -0.2) is 32.3 Å². The Bertz CT molecular complexity index is 860. The van der Waals surface area contributed by atoms with Crippen LogP contribution in [0.25, 0.3) is 22.2 Å². The Hall–Kier alpha value is -2.63. The molecule has 23 heavy (non-hydrogen) atoms. The van der Waals surface area contributed by atoms with Crippen LogP contribution in [0.3, 0.4) is 0 Å². The molecule has 0 aromatic carbocycles. The molecule has 1 N–H and O–H groups in total. The molecule has 0 bridgehead atoms. The van der Waals surface area contributed by atoms with Crippen molar-refractivity contribution in [2.45, 2.75) is 33.2 Å². The predicted molar refractivity (Wildman–Crippen MR) is 88.0 cm³/mol. The summed E-state index contributed by atoms with van der Waals surface area (Å²) < 4.78 is 6.79. The van der Waals surface area contributed by atoms with Gasteiger partial charge in [-0.15, -0.1) is 0 Å². The van der Waals surface area contributed by atoms with E-state index in [1.54, 1.807) is 37.8 Å². The average Bonchev–Trinajstić information content (AvgIpc) is 3.15. The van der Waals surface area contributed by atoms with Gasteiger partial charge in [-0.1, -0.05) is 0 Å². The topological polar surface area (TPSA) is 72.8 Å². The smallest absolute Gasteiger partial charge is 0.333 e. The average molecular weight is 312 g/mol. The van der Waals surface area contributed by atoms with Gasteiger partial charge in [-0.05, 0) is 44.9 Å². The Morgan fingerprint density at radius 1 is 1.43 bits per heavy atom. The maximum atomic E-state index is 12.1. The Labute approximate surface area is 134 Å². The van der Waals surface area contributed by atoms with Gasteiger partial charge >= 0.3 is 5.97 Å². The zero-order valence-corrected chi connectivity index (χ0v) is 13.8. The fraction of sp³-hybridized carbons (Fsp3) is 0.353. The fourth-order valence-electron chi connectivity index (χ4n) is 2.63. The third-order valence-electron chi connectivity index (χ3n) is 4.01. The van der Waals surface area contributed by atoms with Crippen LogP contribution in [0.15, 0.2) is 30.9 Å². The highest BCUT2D eigenvalue weighted by molar-refractivity contribution is 5.95. The minimum Gasteiger partial charge on any atom is -0.464 e. The molecule has 3 aromatic heterocycles. The molecule has 0 aliphatic heterocycles. The van der Waals surface area contributed by atoms with Crippen molar-refractivity contribution in [1.29, 1.82) is 0 Å². The van der Waals surface area contributed by atoms with Gasteiger partial charge in [0.25, 0.3) is 0 Å². The molecular formula is C17H20N4O2. The lowest BCUT2D eigenvalue weighted by Crippen LogP contribution is -2.37. The molecule has 3 heterocycles. The first-order valence-corrected chi connectivity index (χ1v) is 7.60. The van der Waals surface area contributed by atoms with Crippen molar-refractivity contribution in [2.75, 3.05) is 6.61 Å². The third kappa shape index (κ3) is 2.50. The van der Waals surface area contributed by atoms with Crippen LogP contribution in [0.5, 0.6) is 0 Å². The van der Waals surface area contributed by atoms with E-state index in [0.717, 1.165) is 27.7 Å². The summed E-state index contributed by atoms with van der Waals surface area (Å²) in [6, 6.07) is 1.96. The summed E-state index contributed by atoms with van der Waals surface area (Å²) in [5.74, 6) is -0.299. The van der Waals surface area contributed by atoms with Crippen LogP contribution in [0, 0.1) is 6.92 Å². The van der Waals surface area contributed by atoms with Gasteiger partial charge in [-0.2, -0.15) is 5.10 Å². The van der Waals surface area contributed by atoms with Crippen molar-refractivity contribution in [3.8, 4) is 11.1 Å². The van der Waals surface area contributed by atoms with E-state index in [-0.39, 0.29) is 5.97 Å². The number of pyridine rings is 1. The van der Waals surface area contributed by atoms with Gasteiger partial charge in [-0.3, -0.25) is 4.68 Å². The second-order valence-electron chi connectivity index (χ2n) is 6.01. The van der Waals surface area contributed by atoms with Gasteiger partial charge < -0.3 is 9.72 Å². The Balaban J connectivity index is 2.05. The second-order valence-corrected chi connectivity index (χ2v) is 6.01. The Kier molecular flexibility index (Phi) is 3.67. The summed E-state index contributed by atoms with van der Waals surface area (Å²) in [6.45, 7) is 7.78. The number of nitrogens with zero attached hydrogens (tertiary/aromatic N) is 3. The molecule has 6 nitrogen and oxygen atoms in total. The summed E-state index contributed by atoms with van der Waals surface area (Å²) in [5, 5.41) is 5.44. The third-order valence-corrected chi connectivity index (χ3v) is 4.01. The lowest BCUT2D eigenvalue weighted by Gasteiger charge is -2.22. The largest absolute Gasteiger partial charge is 0.464 e. The van der Waals surface area contributed by atoms with Gasteiger partial charge in [-0.25, -0.2) is 9.78 Å². The number of ether oxygens (including phenoxy) is 1. The molecule has 0 saturated heterocycles. The summed E-state index contributed by atoms with van der Waals surface area (Å²) in [5.41, 5.74) is 3.10. The van der Waals surface area contributed by atoms with Crippen LogP contribution in [-0.2, 0) is 15.1 Å². The minimum atomic E-state index is -0.854. The molecule has 0 unspecified atom stereocenters. The SMILES string of the molecule is CCOC(=O)C(C)(C)n1cc(-c2ccnc3[nH]cc(C)c23)cn1. The molecule has 3 aromatic rings. The van der Waals surface area contributed by atoms with Crippen molar-refractivity contribution in [3.05, 3.63) is 36.4 Å². The molecular weight excluding hydrogens is 292 g/mol. The lowest BCUT2D eigenvalue weighted by atomic mass is 10.0. The zero-order chi connectivity index (χ0) is 16.6. The summed E-state index contributed by atoms with van der Waals surface area (Å²) in [6.07, 6.45) is 7.34. The number of aromatic amines is 1. The molecule has 0 aliphatic carbocycles. The number of fused-ring (bicyclic) bond motifs is 1. The van der Waals surface area contributed by atoms with E-state index in [1.807, 2.05) is 25.4 Å². The number of aromatic nitrogens is 4. The summed E-state index contributed by atoms with van der Waals surface area (Å²) in [7, 11) is 0. The van der Waals surface area contributed by atoms with E-state index in [2.05, 4.69) is 15.1 Å². The first-order valence-electron chi connectivity index (χ1n) is 7.60. The molecule has 0 spiro atoms. The standard InChI is InChI=1S/C17H20N4O2/c1-5-23-16(22)17(3,4)21-10-12(9-20-21)13-6-7-18-15-14(13)11(2)8-19-15/h6-10H,5H2,1-4H3,(H,18,19). The van der Waals surface area contributed by atoms with Crippen molar-refractivity contribution in [3.63, 3.8) is 0 Å².